The van der Waals surface area contributed by atoms with Crippen LogP contribution in [0.4, 0.5) is 0 Å². The topological polar surface area (TPSA) is 37.6 Å². The number of rotatable bonds is 6. The van der Waals surface area contributed by atoms with Crippen LogP contribution in [0, 0.1) is 0 Å². The molecule has 1 aliphatic heterocycles. The van der Waals surface area contributed by atoms with Crippen LogP contribution in [0.25, 0.3) is 0 Å². The van der Waals surface area contributed by atoms with Crippen LogP contribution in [-0.4, -0.2) is 37.2 Å². The number of ether oxygens (including phenoxy) is 1. The highest BCUT2D eigenvalue weighted by atomic mass is 16.5. The van der Waals surface area contributed by atoms with Crippen LogP contribution in [0.2, 0.25) is 0 Å². The Labute approximate surface area is 108 Å². The Morgan fingerprint density at radius 1 is 1.44 bits per heavy atom. The van der Waals surface area contributed by atoms with Gasteiger partial charge in [-0.1, -0.05) is 0 Å². The quantitative estimate of drug-likeness (QED) is 0.834. The molecule has 1 aromatic heterocycles. The summed E-state index contributed by atoms with van der Waals surface area (Å²) >= 11 is 0. The summed E-state index contributed by atoms with van der Waals surface area (Å²) in [6.07, 6.45) is 6.08. The number of nitrogens with zero attached hydrogens (tertiary/aromatic N) is 1. The molecule has 0 bridgehead atoms. The van der Waals surface area contributed by atoms with Gasteiger partial charge in [-0.3, -0.25) is 4.90 Å². The average Bonchev–Trinajstić information content (AvgIpc) is 2.93. The summed E-state index contributed by atoms with van der Waals surface area (Å²) in [4.78, 5) is 2.39. The standard InChI is InChI=1S/C14H22N2O2/c1-17-13-4-5-16(8-13)9-14-6-11(10-18-14)7-15-12-2-3-12/h6,10,12-13,15H,2-5,7-9H2,1H3. The molecule has 18 heavy (non-hydrogen) atoms. The Hall–Kier alpha value is -0.840. The number of hydrogen-bond acceptors (Lipinski definition) is 4. The molecule has 100 valence electrons. The zero-order valence-corrected chi connectivity index (χ0v) is 11.0. The summed E-state index contributed by atoms with van der Waals surface area (Å²) in [5.41, 5.74) is 1.26. The van der Waals surface area contributed by atoms with Gasteiger partial charge in [0, 0.05) is 38.3 Å². The van der Waals surface area contributed by atoms with Crippen molar-refractivity contribution in [1.82, 2.24) is 10.2 Å². The first kappa shape index (κ1) is 12.2. The summed E-state index contributed by atoms with van der Waals surface area (Å²) in [6.45, 7) is 3.97. The fourth-order valence-electron chi connectivity index (χ4n) is 2.50. The van der Waals surface area contributed by atoms with Crippen LogP contribution >= 0.6 is 0 Å². The van der Waals surface area contributed by atoms with Crippen molar-refractivity contribution >= 4 is 0 Å². The van der Waals surface area contributed by atoms with Gasteiger partial charge in [0.05, 0.1) is 18.9 Å². The number of furan rings is 1. The molecule has 0 aromatic carbocycles. The lowest BCUT2D eigenvalue weighted by molar-refractivity contribution is 0.106. The Morgan fingerprint density at radius 3 is 3.06 bits per heavy atom. The van der Waals surface area contributed by atoms with Crippen LogP contribution in [-0.2, 0) is 17.8 Å². The van der Waals surface area contributed by atoms with E-state index in [1.165, 1.54) is 18.4 Å². The summed E-state index contributed by atoms with van der Waals surface area (Å²) in [5, 5.41) is 3.50. The van der Waals surface area contributed by atoms with Gasteiger partial charge in [-0.15, -0.1) is 0 Å². The molecule has 4 heteroatoms. The van der Waals surface area contributed by atoms with Gasteiger partial charge in [0.1, 0.15) is 5.76 Å². The fourth-order valence-corrected chi connectivity index (χ4v) is 2.50. The molecule has 3 rings (SSSR count). The fraction of sp³-hybridized carbons (Fsp3) is 0.714. The van der Waals surface area contributed by atoms with Crippen molar-refractivity contribution in [3.63, 3.8) is 0 Å². The summed E-state index contributed by atoms with van der Waals surface area (Å²) in [5.74, 6) is 1.07. The van der Waals surface area contributed by atoms with Crippen molar-refractivity contribution in [3.05, 3.63) is 23.7 Å². The molecule has 1 atom stereocenters. The second-order valence-corrected chi connectivity index (χ2v) is 5.46. The molecule has 1 saturated carbocycles. The molecular weight excluding hydrogens is 228 g/mol. The molecule has 0 amide bonds. The van der Waals surface area contributed by atoms with E-state index in [-0.39, 0.29) is 0 Å². The van der Waals surface area contributed by atoms with Gasteiger partial charge in [-0.25, -0.2) is 0 Å². The Bertz CT molecular complexity index is 387. The Morgan fingerprint density at radius 2 is 2.33 bits per heavy atom. The minimum atomic E-state index is 0.399. The first-order chi connectivity index (χ1) is 8.83. The highest BCUT2D eigenvalue weighted by molar-refractivity contribution is 5.13. The predicted octanol–water partition coefficient (Wildman–Crippen LogP) is 1.75. The van der Waals surface area contributed by atoms with Crippen LogP contribution in [0.15, 0.2) is 16.7 Å². The number of methoxy groups -OCH3 is 1. The third kappa shape index (κ3) is 3.13. The highest BCUT2D eigenvalue weighted by Gasteiger charge is 2.23. The van der Waals surface area contributed by atoms with Crippen LogP contribution in [0.1, 0.15) is 30.6 Å². The zero-order valence-electron chi connectivity index (χ0n) is 11.0. The number of nitrogens with one attached hydrogen (secondary N) is 1. The third-order valence-corrected chi connectivity index (χ3v) is 3.82. The van der Waals surface area contributed by atoms with E-state index in [1.54, 1.807) is 7.11 Å². The lowest BCUT2D eigenvalue weighted by Crippen LogP contribution is -2.22. The average molecular weight is 250 g/mol. The highest BCUT2D eigenvalue weighted by Crippen LogP contribution is 2.20. The monoisotopic (exact) mass is 250 g/mol. The van der Waals surface area contributed by atoms with Crippen molar-refractivity contribution in [2.75, 3.05) is 20.2 Å². The van der Waals surface area contributed by atoms with Gasteiger partial charge in [0.2, 0.25) is 0 Å². The van der Waals surface area contributed by atoms with E-state index in [9.17, 15) is 0 Å². The summed E-state index contributed by atoms with van der Waals surface area (Å²) in [6, 6.07) is 2.93. The van der Waals surface area contributed by atoms with Crippen molar-refractivity contribution in [3.8, 4) is 0 Å². The van der Waals surface area contributed by atoms with E-state index >= 15 is 0 Å². The summed E-state index contributed by atoms with van der Waals surface area (Å²) < 4.78 is 11.0. The zero-order chi connectivity index (χ0) is 12.4. The Kier molecular flexibility index (Phi) is 3.68. The van der Waals surface area contributed by atoms with Crippen molar-refractivity contribution in [1.29, 1.82) is 0 Å². The van der Waals surface area contributed by atoms with Gasteiger partial charge in [-0.05, 0) is 25.3 Å². The molecular formula is C14H22N2O2. The molecule has 2 aliphatic rings. The van der Waals surface area contributed by atoms with E-state index in [1.807, 2.05) is 6.26 Å². The van der Waals surface area contributed by atoms with Gasteiger partial charge in [-0.2, -0.15) is 0 Å². The lowest BCUT2D eigenvalue weighted by Gasteiger charge is -2.13. The van der Waals surface area contributed by atoms with Crippen LogP contribution in [0.5, 0.6) is 0 Å². The minimum absolute atomic E-state index is 0.399. The predicted molar refractivity (Wildman–Crippen MR) is 69.3 cm³/mol. The van der Waals surface area contributed by atoms with E-state index in [0.29, 0.717) is 6.10 Å². The maximum Gasteiger partial charge on any atom is 0.118 e. The smallest absolute Gasteiger partial charge is 0.118 e. The van der Waals surface area contributed by atoms with E-state index in [2.05, 4.69) is 16.3 Å². The van der Waals surface area contributed by atoms with Gasteiger partial charge in [0.15, 0.2) is 0 Å². The van der Waals surface area contributed by atoms with Crippen LogP contribution < -0.4 is 5.32 Å². The van der Waals surface area contributed by atoms with E-state index in [4.69, 9.17) is 9.15 Å². The van der Waals surface area contributed by atoms with Crippen molar-refractivity contribution < 1.29 is 9.15 Å². The first-order valence-electron chi connectivity index (χ1n) is 6.88. The Balaban J connectivity index is 1.47. The maximum absolute atomic E-state index is 5.63. The molecule has 1 N–H and O–H groups in total. The molecule has 0 radical (unpaired) electrons. The summed E-state index contributed by atoms with van der Waals surface area (Å²) in [7, 11) is 1.79. The van der Waals surface area contributed by atoms with Crippen molar-refractivity contribution in [2.45, 2.75) is 44.5 Å². The molecule has 1 unspecified atom stereocenters. The largest absolute Gasteiger partial charge is 0.468 e. The van der Waals surface area contributed by atoms with Gasteiger partial charge >= 0.3 is 0 Å². The lowest BCUT2D eigenvalue weighted by atomic mass is 10.3. The van der Waals surface area contributed by atoms with E-state index < -0.39 is 0 Å². The molecule has 1 saturated heterocycles. The molecule has 1 aliphatic carbocycles. The normalized spacial score (nSPS) is 24.8. The molecule has 1 aromatic rings. The van der Waals surface area contributed by atoms with E-state index in [0.717, 1.165) is 44.4 Å². The second-order valence-electron chi connectivity index (χ2n) is 5.46. The van der Waals surface area contributed by atoms with Crippen molar-refractivity contribution in [2.24, 2.45) is 0 Å². The second kappa shape index (κ2) is 5.43. The molecule has 4 nitrogen and oxygen atoms in total. The first-order valence-corrected chi connectivity index (χ1v) is 6.88. The minimum Gasteiger partial charge on any atom is -0.468 e. The molecule has 2 fully saturated rings. The van der Waals surface area contributed by atoms with Gasteiger partial charge < -0.3 is 14.5 Å². The third-order valence-electron chi connectivity index (χ3n) is 3.82. The number of likely N-dealkylation sites (tertiary alicyclic amines) is 1. The maximum atomic E-state index is 5.63. The van der Waals surface area contributed by atoms with Crippen LogP contribution in [0.3, 0.4) is 0 Å². The molecule has 2 heterocycles. The molecule has 0 spiro atoms. The number of hydrogen-bond donors (Lipinski definition) is 1. The van der Waals surface area contributed by atoms with Gasteiger partial charge in [0.25, 0.3) is 0 Å². The SMILES string of the molecule is COC1CCN(Cc2cc(CNC3CC3)co2)C1.